The fraction of sp³-hybridized carbons (Fsp3) is 0. The van der Waals surface area contributed by atoms with E-state index in [1.807, 2.05) is 6.07 Å². The zero-order valence-electron chi connectivity index (χ0n) is 11.0. The number of rotatable bonds is 2. The molecular weight excluding hydrogens is 345 g/mol. The van der Waals surface area contributed by atoms with E-state index in [0.717, 1.165) is 4.90 Å². The standard InChI is InChI=1S/C16H8Cl3NO2/c17-11-7-6-10(8-12(11)18)20-15(21)13(14(19)16(20)22)9-4-2-1-3-5-9/h1-8H. The van der Waals surface area contributed by atoms with Crippen molar-refractivity contribution in [3.05, 3.63) is 69.2 Å². The zero-order valence-corrected chi connectivity index (χ0v) is 13.3. The number of halogens is 3. The maximum Gasteiger partial charge on any atom is 0.277 e. The van der Waals surface area contributed by atoms with Gasteiger partial charge in [0.1, 0.15) is 5.03 Å². The van der Waals surface area contributed by atoms with E-state index in [9.17, 15) is 9.59 Å². The molecule has 1 aliphatic heterocycles. The summed E-state index contributed by atoms with van der Waals surface area (Å²) in [6.07, 6.45) is 0. The van der Waals surface area contributed by atoms with E-state index >= 15 is 0 Å². The maximum absolute atomic E-state index is 12.6. The molecule has 1 heterocycles. The normalized spacial score (nSPS) is 15.0. The third kappa shape index (κ3) is 2.41. The summed E-state index contributed by atoms with van der Waals surface area (Å²) < 4.78 is 0. The van der Waals surface area contributed by atoms with Crippen LogP contribution >= 0.6 is 34.8 Å². The number of carbonyl (C=O) groups excluding carboxylic acids is 2. The van der Waals surface area contributed by atoms with Crippen molar-refractivity contribution in [1.82, 2.24) is 0 Å². The Bertz CT molecular complexity index is 815. The van der Waals surface area contributed by atoms with Crippen LogP contribution in [0.3, 0.4) is 0 Å². The topological polar surface area (TPSA) is 37.4 Å². The molecule has 0 N–H and O–H groups in total. The Kier molecular flexibility index (Phi) is 3.96. The number of benzene rings is 2. The summed E-state index contributed by atoms with van der Waals surface area (Å²) in [6.45, 7) is 0. The molecule has 0 saturated carbocycles. The van der Waals surface area contributed by atoms with Gasteiger partial charge in [-0.15, -0.1) is 0 Å². The summed E-state index contributed by atoms with van der Waals surface area (Å²) in [6, 6.07) is 13.3. The Balaban J connectivity index is 2.06. The Morgan fingerprint density at radius 3 is 2.09 bits per heavy atom. The fourth-order valence-corrected chi connectivity index (χ4v) is 2.78. The SMILES string of the molecule is O=C1C(Cl)=C(c2ccccc2)C(=O)N1c1ccc(Cl)c(Cl)c1. The van der Waals surface area contributed by atoms with Crippen LogP contribution in [0.25, 0.3) is 5.57 Å². The Hall–Kier alpha value is -1.81. The molecule has 2 aromatic rings. The minimum Gasteiger partial charge on any atom is -0.268 e. The smallest absolute Gasteiger partial charge is 0.268 e. The lowest BCUT2D eigenvalue weighted by atomic mass is 10.1. The second-order valence-corrected chi connectivity index (χ2v) is 5.79. The third-order valence-corrected chi connectivity index (χ3v) is 4.34. The highest BCUT2D eigenvalue weighted by Gasteiger charge is 2.39. The minimum absolute atomic E-state index is 0.109. The molecule has 0 aromatic heterocycles. The highest BCUT2D eigenvalue weighted by molar-refractivity contribution is 6.60. The molecule has 0 radical (unpaired) electrons. The molecule has 0 unspecified atom stereocenters. The number of amides is 2. The van der Waals surface area contributed by atoms with E-state index in [1.165, 1.54) is 12.1 Å². The van der Waals surface area contributed by atoms with Crippen LogP contribution in [0, 0.1) is 0 Å². The van der Waals surface area contributed by atoms with Gasteiger partial charge < -0.3 is 0 Å². The number of nitrogens with zero attached hydrogens (tertiary/aromatic N) is 1. The monoisotopic (exact) mass is 351 g/mol. The quantitative estimate of drug-likeness (QED) is 0.745. The first-order chi connectivity index (χ1) is 10.5. The van der Waals surface area contributed by atoms with E-state index in [0.29, 0.717) is 16.3 Å². The largest absolute Gasteiger partial charge is 0.277 e. The molecule has 2 aromatic carbocycles. The number of imide groups is 1. The lowest BCUT2D eigenvalue weighted by Crippen LogP contribution is -2.31. The van der Waals surface area contributed by atoms with Gasteiger partial charge in [-0.2, -0.15) is 0 Å². The van der Waals surface area contributed by atoms with Gasteiger partial charge in [0.15, 0.2) is 0 Å². The fourth-order valence-electron chi connectivity index (χ4n) is 2.22. The zero-order chi connectivity index (χ0) is 15.9. The lowest BCUT2D eigenvalue weighted by Gasteiger charge is -2.15. The average molecular weight is 353 g/mol. The van der Waals surface area contributed by atoms with E-state index in [4.69, 9.17) is 34.8 Å². The van der Waals surface area contributed by atoms with Gasteiger partial charge in [-0.1, -0.05) is 65.1 Å². The van der Waals surface area contributed by atoms with Crippen LogP contribution in [0.4, 0.5) is 5.69 Å². The first kappa shape index (κ1) is 15.1. The minimum atomic E-state index is -0.580. The molecule has 22 heavy (non-hydrogen) atoms. The van der Waals surface area contributed by atoms with Crippen molar-refractivity contribution < 1.29 is 9.59 Å². The molecule has 2 amide bonds. The number of carbonyl (C=O) groups is 2. The van der Waals surface area contributed by atoms with Crippen molar-refractivity contribution in [3.63, 3.8) is 0 Å². The number of hydrogen-bond acceptors (Lipinski definition) is 2. The summed E-state index contributed by atoms with van der Waals surface area (Å²) in [7, 11) is 0. The predicted octanol–water partition coefficient (Wildman–Crippen LogP) is 4.52. The summed E-state index contributed by atoms with van der Waals surface area (Å²) >= 11 is 17.9. The maximum atomic E-state index is 12.6. The third-order valence-electron chi connectivity index (χ3n) is 3.25. The first-order valence-electron chi connectivity index (χ1n) is 6.29. The van der Waals surface area contributed by atoms with Crippen molar-refractivity contribution in [2.24, 2.45) is 0 Å². The van der Waals surface area contributed by atoms with Crippen molar-refractivity contribution in [1.29, 1.82) is 0 Å². The van der Waals surface area contributed by atoms with Crippen molar-refractivity contribution in [2.75, 3.05) is 4.90 Å². The van der Waals surface area contributed by atoms with Gasteiger partial charge in [0, 0.05) is 0 Å². The van der Waals surface area contributed by atoms with Gasteiger partial charge in [0.2, 0.25) is 0 Å². The summed E-state index contributed by atoms with van der Waals surface area (Å²) in [5.74, 6) is -1.07. The van der Waals surface area contributed by atoms with Crippen molar-refractivity contribution in [3.8, 4) is 0 Å². The van der Waals surface area contributed by atoms with Crippen LogP contribution in [0.1, 0.15) is 5.56 Å². The molecule has 0 spiro atoms. The molecule has 6 heteroatoms. The lowest BCUT2D eigenvalue weighted by molar-refractivity contribution is -0.119. The molecule has 0 aliphatic carbocycles. The van der Waals surface area contributed by atoms with Crippen molar-refractivity contribution >= 4 is 57.9 Å². The molecule has 0 bridgehead atoms. The highest BCUT2D eigenvalue weighted by Crippen LogP contribution is 2.36. The molecule has 110 valence electrons. The average Bonchev–Trinajstić information content (AvgIpc) is 2.73. The van der Waals surface area contributed by atoms with Crippen LogP contribution in [0.2, 0.25) is 10.0 Å². The van der Waals surface area contributed by atoms with E-state index < -0.39 is 11.8 Å². The van der Waals surface area contributed by atoms with Crippen LogP contribution in [-0.2, 0) is 9.59 Å². The van der Waals surface area contributed by atoms with Crippen LogP contribution in [0.15, 0.2) is 53.6 Å². The Morgan fingerprint density at radius 1 is 0.773 bits per heavy atom. The van der Waals surface area contributed by atoms with Gasteiger partial charge in [-0.3, -0.25) is 9.59 Å². The van der Waals surface area contributed by atoms with Gasteiger partial charge in [0.05, 0.1) is 21.3 Å². The number of hydrogen-bond donors (Lipinski definition) is 0. The second kappa shape index (κ2) is 5.76. The Labute approximate surface area is 141 Å². The van der Waals surface area contributed by atoms with Crippen LogP contribution in [-0.4, -0.2) is 11.8 Å². The molecule has 0 atom stereocenters. The van der Waals surface area contributed by atoms with Gasteiger partial charge in [0.25, 0.3) is 11.8 Å². The molecule has 0 fully saturated rings. The van der Waals surface area contributed by atoms with Gasteiger partial charge in [-0.25, -0.2) is 4.90 Å². The second-order valence-electron chi connectivity index (χ2n) is 4.60. The van der Waals surface area contributed by atoms with Gasteiger partial charge in [-0.05, 0) is 23.8 Å². The molecule has 3 rings (SSSR count). The Morgan fingerprint density at radius 2 is 1.45 bits per heavy atom. The highest BCUT2D eigenvalue weighted by atomic mass is 35.5. The molecule has 3 nitrogen and oxygen atoms in total. The summed E-state index contributed by atoms with van der Waals surface area (Å²) in [5, 5.41) is 0.484. The summed E-state index contributed by atoms with van der Waals surface area (Å²) in [4.78, 5) is 25.9. The molecule has 1 aliphatic rings. The van der Waals surface area contributed by atoms with Crippen LogP contribution < -0.4 is 4.90 Å². The predicted molar refractivity (Wildman–Crippen MR) is 88.2 cm³/mol. The first-order valence-corrected chi connectivity index (χ1v) is 7.43. The number of anilines is 1. The molecular formula is C16H8Cl3NO2. The van der Waals surface area contributed by atoms with E-state index in [-0.39, 0.29) is 15.6 Å². The summed E-state index contributed by atoms with van der Waals surface area (Å²) in [5.41, 5.74) is 1.10. The van der Waals surface area contributed by atoms with Crippen molar-refractivity contribution in [2.45, 2.75) is 0 Å². The van der Waals surface area contributed by atoms with E-state index in [1.54, 1.807) is 30.3 Å². The van der Waals surface area contributed by atoms with E-state index in [2.05, 4.69) is 0 Å². The van der Waals surface area contributed by atoms with Crippen LogP contribution in [0.5, 0.6) is 0 Å². The van der Waals surface area contributed by atoms with Gasteiger partial charge >= 0.3 is 0 Å². The molecule has 0 saturated heterocycles.